The predicted molar refractivity (Wildman–Crippen MR) is 96.1 cm³/mol. The van der Waals surface area contributed by atoms with Crippen molar-refractivity contribution < 1.29 is 19.0 Å². The number of nitrogens with two attached hydrogens (primary N) is 1. The minimum atomic E-state index is -0.522. The van der Waals surface area contributed by atoms with Crippen LogP contribution in [-0.4, -0.2) is 33.3 Å². The van der Waals surface area contributed by atoms with E-state index in [1.807, 2.05) is 24.3 Å². The lowest BCUT2D eigenvalue weighted by Crippen LogP contribution is -2.20. The van der Waals surface area contributed by atoms with Crippen LogP contribution >= 0.6 is 0 Å². The Kier molecular flexibility index (Phi) is 7.10. The highest BCUT2D eigenvalue weighted by molar-refractivity contribution is 5.75. The van der Waals surface area contributed by atoms with Crippen LogP contribution < -0.4 is 25.3 Å². The molecule has 25 heavy (non-hydrogen) atoms. The number of hydrogen-bond acceptors (Lipinski definition) is 5. The van der Waals surface area contributed by atoms with Crippen LogP contribution in [0.15, 0.2) is 42.5 Å². The molecule has 3 N–H and O–H groups in total. The molecule has 2 rings (SSSR count). The fourth-order valence-electron chi connectivity index (χ4n) is 2.35. The van der Waals surface area contributed by atoms with E-state index in [0.717, 1.165) is 24.3 Å². The minimum Gasteiger partial charge on any atom is -0.497 e. The van der Waals surface area contributed by atoms with Gasteiger partial charge in [-0.3, -0.25) is 4.79 Å². The average Bonchev–Trinajstić information content (AvgIpc) is 2.64. The van der Waals surface area contributed by atoms with Crippen molar-refractivity contribution in [2.24, 2.45) is 5.73 Å². The number of amides is 1. The standard InChI is InChI=1S/C19H24N2O4/c1-23-16-6-3-14(4-7-16)9-10-21-12-15-5-8-17(18(11-15)24-2)25-13-19(20)22/h3-8,11,21H,9-10,12-13H2,1-2H3,(H2,20,22). The van der Waals surface area contributed by atoms with E-state index in [-0.39, 0.29) is 6.61 Å². The van der Waals surface area contributed by atoms with Gasteiger partial charge in [0.2, 0.25) is 0 Å². The van der Waals surface area contributed by atoms with Crippen molar-refractivity contribution in [2.45, 2.75) is 13.0 Å². The number of benzene rings is 2. The molecule has 0 saturated heterocycles. The van der Waals surface area contributed by atoms with Crippen molar-refractivity contribution in [1.29, 1.82) is 0 Å². The number of carbonyl (C=O) groups is 1. The molecule has 0 bridgehead atoms. The van der Waals surface area contributed by atoms with Gasteiger partial charge in [0.1, 0.15) is 5.75 Å². The van der Waals surface area contributed by atoms with Crippen LogP contribution in [0.4, 0.5) is 0 Å². The van der Waals surface area contributed by atoms with Crippen LogP contribution in [0.3, 0.4) is 0 Å². The Labute approximate surface area is 147 Å². The molecule has 0 heterocycles. The number of nitrogens with one attached hydrogen (secondary N) is 1. The zero-order valence-corrected chi connectivity index (χ0v) is 14.6. The van der Waals surface area contributed by atoms with Gasteiger partial charge in [-0.15, -0.1) is 0 Å². The minimum absolute atomic E-state index is 0.171. The van der Waals surface area contributed by atoms with Gasteiger partial charge in [0.05, 0.1) is 14.2 Å². The summed E-state index contributed by atoms with van der Waals surface area (Å²) in [6.07, 6.45) is 0.931. The van der Waals surface area contributed by atoms with Crippen molar-refractivity contribution in [1.82, 2.24) is 5.32 Å². The van der Waals surface area contributed by atoms with Crippen LogP contribution in [-0.2, 0) is 17.8 Å². The van der Waals surface area contributed by atoms with E-state index >= 15 is 0 Å². The third kappa shape index (κ3) is 6.00. The van der Waals surface area contributed by atoms with Gasteiger partial charge in [-0.2, -0.15) is 0 Å². The fraction of sp³-hybridized carbons (Fsp3) is 0.316. The van der Waals surface area contributed by atoms with Crippen LogP contribution in [0.2, 0.25) is 0 Å². The molecule has 0 saturated carbocycles. The maximum absolute atomic E-state index is 10.8. The van der Waals surface area contributed by atoms with E-state index in [4.69, 9.17) is 19.9 Å². The van der Waals surface area contributed by atoms with E-state index in [0.29, 0.717) is 18.0 Å². The summed E-state index contributed by atoms with van der Waals surface area (Å²) in [5, 5.41) is 3.40. The summed E-state index contributed by atoms with van der Waals surface area (Å²) in [6.45, 7) is 1.40. The van der Waals surface area contributed by atoms with Gasteiger partial charge >= 0.3 is 0 Å². The van der Waals surface area contributed by atoms with Gasteiger partial charge in [-0.05, 0) is 48.4 Å². The van der Waals surface area contributed by atoms with E-state index in [1.54, 1.807) is 20.3 Å². The van der Waals surface area contributed by atoms with Crippen LogP contribution in [0.25, 0.3) is 0 Å². The molecule has 0 aromatic heterocycles. The molecule has 0 atom stereocenters. The molecule has 134 valence electrons. The second-order valence-corrected chi connectivity index (χ2v) is 5.52. The summed E-state index contributed by atoms with van der Waals surface area (Å²) in [7, 11) is 3.22. The van der Waals surface area contributed by atoms with Crippen LogP contribution in [0, 0.1) is 0 Å². The lowest BCUT2D eigenvalue weighted by Gasteiger charge is -2.12. The molecule has 1 amide bonds. The molecule has 6 nitrogen and oxygen atoms in total. The highest BCUT2D eigenvalue weighted by atomic mass is 16.5. The van der Waals surface area contributed by atoms with Crippen molar-refractivity contribution >= 4 is 5.91 Å². The lowest BCUT2D eigenvalue weighted by atomic mass is 10.1. The Bertz CT molecular complexity index is 686. The largest absolute Gasteiger partial charge is 0.497 e. The summed E-state index contributed by atoms with van der Waals surface area (Å²) in [4.78, 5) is 10.8. The summed E-state index contributed by atoms with van der Waals surface area (Å²) >= 11 is 0. The van der Waals surface area contributed by atoms with E-state index < -0.39 is 5.91 Å². The maximum Gasteiger partial charge on any atom is 0.255 e. The first-order valence-electron chi connectivity index (χ1n) is 8.04. The number of ether oxygens (including phenoxy) is 3. The molecule has 2 aromatic carbocycles. The summed E-state index contributed by atoms with van der Waals surface area (Å²) in [6, 6.07) is 13.6. The van der Waals surface area contributed by atoms with Gasteiger partial charge < -0.3 is 25.3 Å². The number of rotatable bonds is 10. The Balaban J connectivity index is 1.82. The first-order chi connectivity index (χ1) is 12.1. The van der Waals surface area contributed by atoms with Gasteiger partial charge in [0.15, 0.2) is 18.1 Å². The predicted octanol–water partition coefficient (Wildman–Crippen LogP) is 1.90. The SMILES string of the molecule is COc1ccc(CCNCc2ccc(OCC(N)=O)c(OC)c2)cc1. The molecule has 0 aliphatic carbocycles. The highest BCUT2D eigenvalue weighted by Gasteiger charge is 2.07. The van der Waals surface area contributed by atoms with Crippen LogP contribution in [0.5, 0.6) is 17.2 Å². The van der Waals surface area contributed by atoms with E-state index in [1.165, 1.54) is 5.56 Å². The Morgan fingerprint density at radius 3 is 2.36 bits per heavy atom. The molecular weight excluding hydrogens is 320 g/mol. The third-order valence-corrected chi connectivity index (χ3v) is 3.68. The number of primary amides is 1. The summed E-state index contributed by atoms with van der Waals surface area (Å²) in [5.41, 5.74) is 7.40. The summed E-state index contributed by atoms with van der Waals surface area (Å²) < 4.78 is 15.8. The van der Waals surface area contributed by atoms with Gasteiger partial charge in [0, 0.05) is 6.54 Å². The third-order valence-electron chi connectivity index (χ3n) is 3.68. The zero-order chi connectivity index (χ0) is 18.1. The maximum atomic E-state index is 10.8. The fourth-order valence-corrected chi connectivity index (χ4v) is 2.35. The number of methoxy groups -OCH3 is 2. The smallest absolute Gasteiger partial charge is 0.255 e. The van der Waals surface area contributed by atoms with Crippen LogP contribution in [0.1, 0.15) is 11.1 Å². The topological polar surface area (TPSA) is 82.8 Å². The quantitative estimate of drug-likeness (QED) is 0.643. The molecule has 0 unspecified atom stereocenters. The van der Waals surface area contributed by atoms with E-state index in [9.17, 15) is 4.79 Å². The van der Waals surface area contributed by atoms with Crippen molar-refractivity contribution in [3.63, 3.8) is 0 Å². The van der Waals surface area contributed by atoms with Crippen molar-refractivity contribution in [3.05, 3.63) is 53.6 Å². The first kappa shape index (κ1) is 18.6. The zero-order valence-electron chi connectivity index (χ0n) is 14.6. The van der Waals surface area contributed by atoms with E-state index in [2.05, 4.69) is 17.4 Å². The molecular formula is C19H24N2O4. The Morgan fingerprint density at radius 1 is 1.00 bits per heavy atom. The first-order valence-corrected chi connectivity index (χ1v) is 8.04. The Morgan fingerprint density at radius 2 is 1.72 bits per heavy atom. The highest BCUT2D eigenvalue weighted by Crippen LogP contribution is 2.28. The normalized spacial score (nSPS) is 10.3. The number of hydrogen-bond donors (Lipinski definition) is 2. The van der Waals surface area contributed by atoms with Crippen molar-refractivity contribution in [3.8, 4) is 17.2 Å². The molecule has 0 radical (unpaired) electrons. The monoisotopic (exact) mass is 344 g/mol. The molecule has 6 heteroatoms. The number of carbonyl (C=O) groups excluding carboxylic acids is 1. The average molecular weight is 344 g/mol. The van der Waals surface area contributed by atoms with Gasteiger partial charge in [-0.25, -0.2) is 0 Å². The summed E-state index contributed by atoms with van der Waals surface area (Å²) in [5.74, 6) is 1.42. The van der Waals surface area contributed by atoms with Crippen molar-refractivity contribution in [2.75, 3.05) is 27.4 Å². The molecule has 0 aliphatic heterocycles. The lowest BCUT2D eigenvalue weighted by molar-refractivity contribution is -0.119. The molecule has 0 aliphatic rings. The second kappa shape index (κ2) is 9.54. The van der Waals surface area contributed by atoms with Gasteiger partial charge in [-0.1, -0.05) is 18.2 Å². The Hall–Kier alpha value is -2.73. The molecule has 0 fully saturated rings. The molecule has 0 spiro atoms. The second-order valence-electron chi connectivity index (χ2n) is 5.52. The van der Waals surface area contributed by atoms with Gasteiger partial charge in [0.25, 0.3) is 5.91 Å². The molecule has 2 aromatic rings.